The summed E-state index contributed by atoms with van der Waals surface area (Å²) in [5.74, 6) is 0.324. The lowest BCUT2D eigenvalue weighted by molar-refractivity contribution is -0.130. The van der Waals surface area contributed by atoms with Gasteiger partial charge in [-0.05, 0) is 41.3 Å². The third kappa shape index (κ3) is 2.69. The second-order valence-electron chi connectivity index (χ2n) is 4.03. The Morgan fingerprint density at radius 1 is 1.21 bits per heavy atom. The van der Waals surface area contributed by atoms with Crippen LogP contribution >= 0.6 is 27.3 Å². The Morgan fingerprint density at radius 2 is 2.11 bits per heavy atom. The fraction of sp³-hybridized carbons (Fsp3) is 0. The number of thiophene rings is 1. The molecule has 0 spiro atoms. The molecular formula is C15H9BrO2S. The molecule has 0 saturated carbocycles. The highest BCUT2D eigenvalue weighted by molar-refractivity contribution is 9.10. The number of benzene rings is 1. The number of halogens is 1. The van der Waals surface area contributed by atoms with Gasteiger partial charge in [0.15, 0.2) is 0 Å². The van der Waals surface area contributed by atoms with Crippen LogP contribution in [0.1, 0.15) is 10.4 Å². The van der Waals surface area contributed by atoms with E-state index in [1.807, 2.05) is 47.9 Å². The van der Waals surface area contributed by atoms with E-state index in [1.165, 1.54) is 0 Å². The summed E-state index contributed by atoms with van der Waals surface area (Å²) in [5.41, 5.74) is 1.53. The van der Waals surface area contributed by atoms with E-state index in [1.54, 1.807) is 17.4 Å². The first-order valence-corrected chi connectivity index (χ1v) is 7.35. The summed E-state index contributed by atoms with van der Waals surface area (Å²) in [6.45, 7) is 0. The summed E-state index contributed by atoms with van der Waals surface area (Å²) < 4.78 is 6.26. The van der Waals surface area contributed by atoms with Crippen LogP contribution < -0.4 is 0 Å². The van der Waals surface area contributed by atoms with Crippen molar-refractivity contribution in [2.45, 2.75) is 0 Å². The van der Waals surface area contributed by atoms with E-state index in [0.29, 0.717) is 11.3 Å². The van der Waals surface area contributed by atoms with Crippen molar-refractivity contribution in [1.29, 1.82) is 0 Å². The Labute approximate surface area is 123 Å². The van der Waals surface area contributed by atoms with E-state index in [4.69, 9.17) is 4.74 Å². The summed E-state index contributed by atoms with van der Waals surface area (Å²) in [4.78, 5) is 12.8. The molecule has 19 heavy (non-hydrogen) atoms. The van der Waals surface area contributed by atoms with Gasteiger partial charge in [-0.15, -0.1) is 11.3 Å². The SMILES string of the molecule is O=C1OC(c2cccs2)=C/C1=C\c1cccc(Br)c1. The van der Waals surface area contributed by atoms with Gasteiger partial charge in [-0.1, -0.05) is 34.1 Å². The number of hydrogen-bond acceptors (Lipinski definition) is 3. The number of ether oxygens (including phenoxy) is 1. The van der Waals surface area contributed by atoms with Crippen LogP contribution in [0.5, 0.6) is 0 Å². The molecule has 0 atom stereocenters. The molecule has 2 aromatic rings. The highest BCUT2D eigenvalue weighted by atomic mass is 79.9. The largest absolute Gasteiger partial charge is 0.421 e. The van der Waals surface area contributed by atoms with Gasteiger partial charge in [0.2, 0.25) is 0 Å². The molecular weight excluding hydrogens is 324 g/mol. The summed E-state index contributed by atoms with van der Waals surface area (Å²) in [7, 11) is 0. The zero-order chi connectivity index (χ0) is 13.2. The van der Waals surface area contributed by atoms with E-state index < -0.39 is 0 Å². The van der Waals surface area contributed by atoms with Gasteiger partial charge < -0.3 is 4.74 Å². The molecule has 3 rings (SSSR count). The molecule has 0 unspecified atom stereocenters. The van der Waals surface area contributed by atoms with Crippen molar-refractivity contribution < 1.29 is 9.53 Å². The van der Waals surface area contributed by atoms with Gasteiger partial charge in [0.25, 0.3) is 0 Å². The minimum atomic E-state index is -0.302. The van der Waals surface area contributed by atoms with Crippen LogP contribution in [0.2, 0.25) is 0 Å². The quantitative estimate of drug-likeness (QED) is 0.598. The van der Waals surface area contributed by atoms with E-state index in [2.05, 4.69) is 15.9 Å². The predicted molar refractivity (Wildman–Crippen MR) is 80.5 cm³/mol. The predicted octanol–water partition coefficient (Wildman–Crippen LogP) is 4.49. The monoisotopic (exact) mass is 332 g/mol. The van der Waals surface area contributed by atoms with Gasteiger partial charge in [-0.2, -0.15) is 0 Å². The molecule has 0 fully saturated rings. The standard InChI is InChI=1S/C15H9BrO2S/c16-12-4-1-3-10(8-12)7-11-9-13(18-15(11)17)14-5-2-6-19-14/h1-9H/b11-7+. The van der Waals surface area contributed by atoms with Crippen LogP contribution in [-0.2, 0) is 9.53 Å². The second kappa shape index (κ2) is 5.15. The van der Waals surface area contributed by atoms with Gasteiger partial charge >= 0.3 is 5.97 Å². The Balaban J connectivity index is 1.95. The molecule has 0 N–H and O–H groups in total. The van der Waals surface area contributed by atoms with Gasteiger partial charge in [-0.25, -0.2) is 4.79 Å². The average Bonchev–Trinajstić information content (AvgIpc) is 3.00. The molecule has 0 saturated heterocycles. The van der Waals surface area contributed by atoms with Gasteiger partial charge in [0.1, 0.15) is 5.76 Å². The first-order chi connectivity index (χ1) is 9.22. The third-order valence-electron chi connectivity index (χ3n) is 2.66. The second-order valence-corrected chi connectivity index (χ2v) is 5.89. The molecule has 94 valence electrons. The van der Waals surface area contributed by atoms with Crippen LogP contribution in [0.3, 0.4) is 0 Å². The Hall–Kier alpha value is -1.65. The minimum Gasteiger partial charge on any atom is -0.421 e. The van der Waals surface area contributed by atoms with Crippen LogP contribution in [0, 0.1) is 0 Å². The maximum atomic E-state index is 11.8. The third-order valence-corrected chi connectivity index (χ3v) is 4.04. The maximum Gasteiger partial charge on any atom is 0.343 e. The maximum absolute atomic E-state index is 11.8. The van der Waals surface area contributed by atoms with Crippen LogP contribution in [0.15, 0.2) is 57.9 Å². The first-order valence-electron chi connectivity index (χ1n) is 5.67. The summed E-state index contributed by atoms with van der Waals surface area (Å²) in [6.07, 6.45) is 3.61. The van der Waals surface area contributed by atoms with Crippen molar-refractivity contribution in [2.24, 2.45) is 0 Å². The molecule has 4 heteroatoms. The van der Waals surface area contributed by atoms with E-state index in [0.717, 1.165) is 14.9 Å². The van der Waals surface area contributed by atoms with Gasteiger partial charge in [0, 0.05) is 4.47 Å². The fourth-order valence-electron chi connectivity index (χ4n) is 1.81. The number of carbonyl (C=O) groups is 1. The van der Waals surface area contributed by atoms with Crippen LogP contribution in [0.4, 0.5) is 0 Å². The normalized spacial score (nSPS) is 16.6. The minimum absolute atomic E-state index is 0.302. The van der Waals surface area contributed by atoms with Crippen molar-refractivity contribution >= 4 is 45.1 Å². The molecule has 0 aliphatic carbocycles. The van der Waals surface area contributed by atoms with E-state index in [-0.39, 0.29) is 5.97 Å². The molecule has 2 nitrogen and oxygen atoms in total. The summed E-state index contributed by atoms with van der Waals surface area (Å²) in [6, 6.07) is 11.7. The van der Waals surface area contributed by atoms with Crippen LogP contribution in [0.25, 0.3) is 11.8 Å². The molecule has 0 bridgehead atoms. The number of cyclic esters (lactones) is 1. The Kier molecular flexibility index (Phi) is 3.36. The molecule has 0 amide bonds. The van der Waals surface area contributed by atoms with Crippen molar-refractivity contribution in [3.8, 4) is 0 Å². The van der Waals surface area contributed by atoms with E-state index in [9.17, 15) is 4.79 Å². The first kappa shape index (κ1) is 12.4. The molecule has 1 aromatic heterocycles. The van der Waals surface area contributed by atoms with Crippen molar-refractivity contribution in [1.82, 2.24) is 0 Å². The smallest absolute Gasteiger partial charge is 0.343 e. The lowest BCUT2D eigenvalue weighted by Crippen LogP contribution is -1.96. The molecule has 2 heterocycles. The Bertz CT molecular complexity index is 684. The van der Waals surface area contributed by atoms with E-state index >= 15 is 0 Å². The zero-order valence-corrected chi connectivity index (χ0v) is 12.2. The Morgan fingerprint density at radius 3 is 2.84 bits per heavy atom. The topological polar surface area (TPSA) is 26.3 Å². The number of carbonyl (C=O) groups excluding carboxylic acids is 1. The fourth-order valence-corrected chi connectivity index (χ4v) is 2.90. The molecule has 1 aromatic carbocycles. The van der Waals surface area contributed by atoms with Gasteiger partial charge in [-0.3, -0.25) is 0 Å². The summed E-state index contributed by atoms with van der Waals surface area (Å²) >= 11 is 4.96. The zero-order valence-electron chi connectivity index (χ0n) is 9.80. The molecule has 1 aliphatic rings. The van der Waals surface area contributed by atoms with Crippen molar-refractivity contribution in [2.75, 3.05) is 0 Å². The lowest BCUT2D eigenvalue weighted by Gasteiger charge is -1.97. The lowest BCUT2D eigenvalue weighted by atomic mass is 10.1. The number of esters is 1. The molecule has 0 radical (unpaired) electrons. The summed E-state index contributed by atoms with van der Waals surface area (Å²) in [5, 5.41) is 1.96. The number of rotatable bonds is 2. The van der Waals surface area contributed by atoms with Crippen molar-refractivity contribution in [3.05, 3.63) is 68.3 Å². The van der Waals surface area contributed by atoms with Gasteiger partial charge in [0.05, 0.1) is 10.5 Å². The van der Waals surface area contributed by atoms with Crippen LogP contribution in [-0.4, -0.2) is 5.97 Å². The number of hydrogen-bond donors (Lipinski definition) is 0. The highest BCUT2D eigenvalue weighted by Crippen LogP contribution is 2.30. The average molecular weight is 333 g/mol. The highest BCUT2D eigenvalue weighted by Gasteiger charge is 2.22. The molecule has 1 aliphatic heterocycles. The van der Waals surface area contributed by atoms with Crippen molar-refractivity contribution in [3.63, 3.8) is 0 Å².